The van der Waals surface area contributed by atoms with Gasteiger partial charge in [0.15, 0.2) is 5.65 Å². The number of carbonyl (C=O) groups excluding carboxylic acids is 1. The number of carboxylic acids is 1. The fourth-order valence-electron chi connectivity index (χ4n) is 1.93. The molecule has 8 heteroatoms. The van der Waals surface area contributed by atoms with Crippen LogP contribution in [-0.4, -0.2) is 36.0 Å². The number of aliphatic carboxylic acids is 1. The predicted octanol–water partition coefficient (Wildman–Crippen LogP) is 0.807. The van der Waals surface area contributed by atoms with Gasteiger partial charge in [-0.15, -0.1) is 10.2 Å². The number of hydrogen-bond donors (Lipinski definition) is 0. The second kappa shape index (κ2) is 6.10. The van der Waals surface area contributed by atoms with E-state index in [-0.39, 0.29) is 0 Å². The SMILES string of the molecule is CC[C@@H](Sc1ccc2nnc(-c3ccccn3)n2n1)C(=O)[O-]. The summed E-state index contributed by atoms with van der Waals surface area (Å²) in [4.78, 5) is 15.3. The average Bonchev–Trinajstić information content (AvgIpc) is 2.96. The zero-order chi connectivity index (χ0) is 15.5. The molecule has 0 aliphatic carbocycles. The van der Waals surface area contributed by atoms with Crippen molar-refractivity contribution < 1.29 is 9.90 Å². The molecule has 0 spiro atoms. The standard InChI is InChI=1S/C14H13N5O2S/c1-2-10(14(20)21)22-12-7-6-11-16-17-13(19(11)18-12)9-5-3-4-8-15-9/h3-8,10H,2H2,1H3,(H,20,21)/p-1/t10-/m1/s1. The lowest BCUT2D eigenvalue weighted by molar-refractivity contribution is -0.304. The average molecular weight is 314 g/mol. The van der Waals surface area contributed by atoms with Gasteiger partial charge in [0, 0.05) is 6.20 Å². The molecule has 3 aromatic rings. The van der Waals surface area contributed by atoms with E-state index >= 15 is 0 Å². The molecule has 0 saturated carbocycles. The molecular formula is C14H12N5O2S-. The van der Waals surface area contributed by atoms with Gasteiger partial charge in [0.25, 0.3) is 0 Å². The summed E-state index contributed by atoms with van der Waals surface area (Å²) in [5, 5.41) is 23.5. The minimum Gasteiger partial charge on any atom is -0.549 e. The molecule has 0 unspecified atom stereocenters. The number of rotatable bonds is 5. The Morgan fingerprint density at radius 1 is 1.32 bits per heavy atom. The number of carbonyl (C=O) groups is 1. The summed E-state index contributed by atoms with van der Waals surface area (Å²) in [6, 6.07) is 8.95. The largest absolute Gasteiger partial charge is 0.549 e. The van der Waals surface area contributed by atoms with E-state index in [0.29, 0.717) is 28.6 Å². The van der Waals surface area contributed by atoms with Crippen LogP contribution in [0.3, 0.4) is 0 Å². The summed E-state index contributed by atoms with van der Waals surface area (Å²) in [6.07, 6.45) is 2.13. The normalized spacial score (nSPS) is 12.4. The molecule has 22 heavy (non-hydrogen) atoms. The molecule has 3 rings (SSSR count). The molecule has 7 nitrogen and oxygen atoms in total. The Bertz CT molecular complexity index is 805. The van der Waals surface area contributed by atoms with Gasteiger partial charge in [-0.2, -0.15) is 9.61 Å². The highest BCUT2D eigenvalue weighted by Gasteiger charge is 2.14. The molecule has 0 N–H and O–H groups in total. The summed E-state index contributed by atoms with van der Waals surface area (Å²) >= 11 is 1.15. The van der Waals surface area contributed by atoms with Crippen LogP contribution in [0.1, 0.15) is 13.3 Å². The number of nitrogens with zero attached hydrogens (tertiary/aromatic N) is 5. The van der Waals surface area contributed by atoms with Crippen molar-refractivity contribution in [1.29, 1.82) is 0 Å². The van der Waals surface area contributed by atoms with Gasteiger partial charge in [-0.05, 0) is 30.7 Å². The fourth-order valence-corrected chi connectivity index (χ4v) is 2.76. The van der Waals surface area contributed by atoms with Crippen LogP contribution in [0.2, 0.25) is 0 Å². The van der Waals surface area contributed by atoms with Gasteiger partial charge in [-0.1, -0.05) is 24.8 Å². The van der Waals surface area contributed by atoms with Gasteiger partial charge in [0.1, 0.15) is 10.7 Å². The molecule has 0 saturated heterocycles. The van der Waals surface area contributed by atoms with Crippen molar-refractivity contribution >= 4 is 23.4 Å². The third-order valence-electron chi connectivity index (χ3n) is 3.03. The van der Waals surface area contributed by atoms with Crippen LogP contribution in [0.25, 0.3) is 17.2 Å². The Morgan fingerprint density at radius 2 is 2.18 bits per heavy atom. The van der Waals surface area contributed by atoms with Gasteiger partial charge in [-0.3, -0.25) is 4.98 Å². The van der Waals surface area contributed by atoms with E-state index in [0.717, 1.165) is 11.8 Å². The fraction of sp³-hybridized carbons (Fsp3) is 0.214. The molecule has 3 heterocycles. The van der Waals surface area contributed by atoms with Crippen LogP contribution in [0, 0.1) is 0 Å². The first kappa shape index (κ1) is 14.5. The van der Waals surface area contributed by atoms with E-state index in [9.17, 15) is 9.90 Å². The van der Waals surface area contributed by atoms with E-state index in [2.05, 4.69) is 20.3 Å². The smallest absolute Gasteiger partial charge is 0.203 e. The van der Waals surface area contributed by atoms with Crippen LogP contribution in [0.4, 0.5) is 0 Å². The van der Waals surface area contributed by atoms with Crippen LogP contribution in [0.5, 0.6) is 0 Å². The maximum Gasteiger partial charge on any atom is 0.203 e. The molecule has 1 atom stereocenters. The molecule has 0 amide bonds. The van der Waals surface area contributed by atoms with Crippen LogP contribution in [-0.2, 0) is 4.79 Å². The van der Waals surface area contributed by atoms with E-state index in [1.165, 1.54) is 0 Å². The highest BCUT2D eigenvalue weighted by molar-refractivity contribution is 8.00. The van der Waals surface area contributed by atoms with Gasteiger partial charge >= 0.3 is 0 Å². The van der Waals surface area contributed by atoms with Crippen molar-refractivity contribution in [2.45, 2.75) is 23.6 Å². The Balaban J connectivity index is 2.00. The second-order valence-electron chi connectivity index (χ2n) is 4.51. The third kappa shape index (κ3) is 2.77. The predicted molar refractivity (Wildman–Crippen MR) is 79.0 cm³/mol. The van der Waals surface area contributed by atoms with Gasteiger partial charge in [0.2, 0.25) is 5.82 Å². The molecular weight excluding hydrogens is 302 g/mol. The van der Waals surface area contributed by atoms with Crippen molar-refractivity contribution in [3.05, 3.63) is 36.5 Å². The number of carboxylic acid groups (broad SMARTS) is 1. The maximum absolute atomic E-state index is 11.0. The zero-order valence-corrected chi connectivity index (χ0v) is 12.5. The highest BCUT2D eigenvalue weighted by atomic mass is 32.2. The maximum atomic E-state index is 11.0. The Labute approximate surface area is 130 Å². The van der Waals surface area contributed by atoms with Gasteiger partial charge < -0.3 is 9.90 Å². The quantitative estimate of drug-likeness (QED) is 0.643. The third-order valence-corrected chi connectivity index (χ3v) is 4.30. The Morgan fingerprint density at radius 3 is 2.86 bits per heavy atom. The molecule has 0 fully saturated rings. The first-order chi connectivity index (χ1) is 10.7. The zero-order valence-electron chi connectivity index (χ0n) is 11.7. The van der Waals surface area contributed by atoms with Crippen LogP contribution >= 0.6 is 11.8 Å². The summed E-state index contributed by atoms with van der Waals surface area (Å²) in [5.74, 6) is -0.581. The lowest BCUT2D eigenvalue weighted by atomic mass is 10.3. The van der Waals surface area contributed by atoms with Gasteiger partial charge in [-0.25, -0.2) is 0 Å². The topological polar surface area (TPSA) is 96.1 Å². The van der Waals surface area contributed by atoms with E-state index in [1.807, 2.05) is 18.2 Å². The number of aromatic nitrogens is 5. The molecule has 112 valence electrons. The minimum atomic E-state index is -1.09. The molecule has 0 radical (unpaired) electrons. The molecule has 0 aromatic carbocycles. The number of thioether (sulfide) groups is 1. The van der Waals surface area contributed by atoms with E-state index in [1.54, 1.807) is 29.8 Å². The van der Waals surface area contributed by atoms with Crippen LogP contribution < -0.4 is 5.11 Å². The van der Waals surface area contributed by atoms with Crippen molar-refractivity contribution in [3.63, 3.8) is 0 Å². The van der Waals surface area contributed by atoms with Crippen molar-refractivity contribution in [1.82, 2.24) is 24.8 Å². The number of pyridine rings is 1. The minimum absolute atomic E-state index is 0.460. The van der Waals surface area contributed by atoms with Crippen molar-refractivity contribution in [2.24, 2.45) is 0 Å². The monoisotopic (exact) mass is 314 g/mol. The molecule has 3 aromatic heterocycles. The summed E-state index contributed by atoms with van der Waals surface area (Å²) in [7, 11) is 0. The van der Waals surface area contributed by atoms with Gasteiger partial charge in [0.05, 0.1) is 11.2 Å². The molecule has 0 bridgehead atoms. The summed E-state index contributed by atoms with van der Waals surface area (Å²) in [5.41, 5.74) is 1.23. The van der Waals surface area contributed by atoms with Crippen LogP contribution in [0.15, 0.2) is 41.6 Å². The molecule has 0 aliphatic rings. The van der Waals surface area contributed by atoms with Crippen molar-refractivity contribution in [2.75, 3.05) is 0 Å². The first-order valence-corrected chi connectivity index (χ1v) is 7.58. The number of fused-ring (bicyclic) bond motifs is 1. The van der Waals surface area contributed by atoms with E-state index in [4.69, 9.17) is 0 Å². The summed E-state index contributed by atoms with van der Waals surface area (Å²) < 4.78 is 1.56. The lowest BCUT2D eigenvalue weighted by Crippen LogP contribution is -2.33. The van der Waals surface area contributed by atoms with Crippen molar-refractivity contribution in [3.8, 4) is 11.5 Å². The summed E-state index contributed by atoms with van der Waals surface area (Å²) in [6.45, 7) is 1.80. The Hall–Kier alpha value is -2.48. The first-order valence-electron chi connectivity index (χ1n) is 6.70. The second-order valence-corrected chi connectivity index (χ2v) is 5.74. The van der Waals surface area contributed by atoms with E-state index < -0.39 is 11.2 Å². The lowest BCUT2D eigenvalue weighted by Gasteiger charge is -2.14. The number of hydrogen-bond acceptors (Lipinski definition) is 7. The Kier molecular flexibility index (Phi) is 4.01. The highest BCUT2D eigenvalue weighted by Crippen LogP contribution is 2.24. The molecule has 0 aliphatic heterocycles.